The molecule has 138 valence electrons. The number of benzene rings is 1. The maximum atomic E-state index is 11.3. The average molecular weight is 357 g/mol. The lowest BCUT2D eigenvalue weighted by Crippen LogP contribution is -2.37. The number of ether oxygens (including phenoxy) is 2. The van der Waals surface area contributed by atoms with Gasteiger partial charge in [0.15, 0.2) is 0 Å². The summed E-state index contributed by atoms with van der Waals surface area (Å²) in [4.78, 5) is 17.6. The number of aromatic nitrogens is 1. The Bertz CT molecular complexity index is 783. The molecule has 7 nitrogen and oxygen atoms in total. The highest BCUT2D eigenvalue weighted by Gasteiger charge is 2.25. The second-order valence-corrected chi connectivity index (χ2v) is 7.01. The Kier molecular flexibility index (Phi) is 4.99. The number of nitro benzene ring substituents is 1. The van der Waals surface area contributed by atoms with Crippen molar-refractivity contribution < 1.29 is 14.4 Å². The molecule has 0 aliphatic carbocycles. The van der Waals surface area contributed by atoms with E-state index in [1.165, 1.54) is 0 Å². The van der Waals surface area contributed by atoms with Gasteiger partial charge in [-0.2, -0.15) is 0 Å². The molecule has 3 heterocycles. The standard InChI is InChI=1S/C19H23N3O4/c23-22(24)17-3-4-18(19-16(17)2-1-8-20-19)21-9-5-15(6-10-21)26-13-14-7-11-25-12-14/h1-4,8,14-15H,5-7,9-13H2. The lowest BCUT2D eigenvalue weighted by atomic mass is 10.0. The molecule has 0 saturated carbocycles. The van der Waals surface area contributed by atoms with Crippen molar-refractivity contribution in [3.05, 3.63) is 40.6 Å². The molecule has 0 radical (unpaired) electrons. The normalized spacial score (nSPS) is 21.4. The molecular weight excluding hydrogens is 334 g/mol. The van der Waals surface area contributed by atoms with Crippen molar-refractivity contribution in [2.24, 2.45) is 5.92 Å². The van der Waals surface area contributed by atoms with Gasteiger partial charge in [-0.1, -0.05) is 0 Å². The van der Waals surface area contributed by atoms with Gasteiger partial charge >= 0.3 is 0 Å². The van der Waals surface area contributed by atoms with Gasteiger partial charge in [0, 0.05) is 37.9 Å². The number of rotatable bonds is 5. The number of nitrogens with zero attached hydrogens (tertiary/aromatic N) is 3. The molecule has 2 aromatic rings. The quantitative estimate of drug-likeness (QED) is 0.604. The van der Waals surface area contributed by atoms with Gasteiger partial charge in [-0.05, 0) is 37.5 Å². The molecule has 1 aromatic carbocycles. The first-order valence-corrected chi connectivity index (χ1v) is 9.19. The van der Waals surface area contributed by atoms with Crippen LogP contribution in [0.5, 0.6) is 0 Å². The van der Waals surface area contributed by atoms with Crippen molar-refractivity contribution in [2.45, 2.75) is 25.4 Å². The summed E-state index contributed by atoms with van der Waals surface area (Å²) in [5.74, 6) is 0.538. The van der Waals surface area contributed by atoms with Crippen LogP contribution in [0, 0.1) is 16.0 Å². The number of non-ortho nitro benzene ring substituents is 1. The fourth-order valence-corrected chi connectivity index (χ4v) is 3.81. The number of nitro groups is 1. The SMILES string of the molecule is O=[N+]([O-])c1ccc(N2CCC(OCC3CCOC3)CC2)c2ncccc12. The van der Waals surface area contributed by atoms with Crippen LogP contribution in [0.2, 0.25) is 0 Å². The van der Waals surface area contributed by atoms with Crippen LogP contribution in [0.4, 0.5) is 11.4 Å². The van der Waals surface area contributed by atoms with E-state index in [0.717, 1.165) is 57.9 Å². The first-order valence-electron chi connectivity index (χ1n) is 9.19. The number of hydrogen-bond acceptors (Lipinski definition) is 6. The number of fused-ring (bicyclic) bond motifs is 1. The van der Waals surface area contributed by atoms with Gasteiger partial charge in [0.2, 0.25) is 0 Å². The van der Waals surface area contributed by atoms with Gasteiger partial charge in [0.1, 0.15) is 5.52 Å². The summed E-state index contributed by atoms with van der Waals surface area (Å²) in [5.41, 5.74) is 1.77. The molecule has 2 fully saturated rings. The topological polar surface area (TPSA) is 77.7 Å². The Morgan fingerprint density at radius 3 is 2.85 bits per heavy atom. The van der Waals surface area contributed by atoms with E-state index < -0.39 is 0 Å². The van der Waals surface area contributed by atoms with Crippen molar-refractivity contribution in [3.8, 4) is 0 Å². The van der Waals surface area contributed by atoms with Crippen molar-refractivity contribution >= 4 is 22.3 Å². The highest BCUT2D eigenvalue weighted by molar-refractivity contribution is 5.97. The van der Waals surface area contributed by atoms with Gasteiger partial charge < -0.3 is 14.4 Å². The van der Waals surface area contributed by atoms with Crippen LogP contribution in [0.3, 0.4) is 0 Å². The molecule has 2 aliphatic rings. The molecular formula is C19H23N3O4. The molecule has 2 saturated heterocycles. The minimum atomic E-state index is -0.347. The summed E-state index contributed by atoms with van der Waals surface area (Å²) in [7, 11) is 0. The van der Waals surface area contributed by atoms with Crippen molar-refractivity contribution in [1.29, 1.82) is 0 Å². The predicted octanol–water partition coefficient (Wildman–Crippen LogP) is 3.16. The maximum Gasteiger partial charge on any atom is 0.278 e. The Balaban J connectivity index is 1.44. The van der Waals surface area contributed by atoms with E-state index >= 15 is 0 Å². The van der Waals surface area contributed by atoms with E-state index in [4.69, 9.17) is 9.47 Å². The maximum absolute atomic E-state index is 11.3. The summed E-state index contributed by atoms with van der Waals surface area (Å²) >= 11 is 0. The van der Waals surface area contributed by atoms with Crippen molar-refractivity contribution in [1.82, 2.24) is 4.98 Å². The third kappa shape index (κ3) is 3.50. The highest BCUT2D eigenvalue weighted by atomic mass is 16.6. The highest BCUT2D eigenvalue weighted by Crippen LogP contribution is 2.33. The molecule has 0 spiro atoms. The van der Waals surface area contributed by atoms with Crippen LogP contribution in [0.1, 0.15) is 19.3 Å². The van der Waals surface area contributed by atoms with Crippen molar-refractivity contribution in [3.63, 3.8) is 0 Å². The second kappa shape index (κ2) is 7.55. The van der Waals surface area contributed by atoms with E-state index in [9.17, 15) is 10.1 Å². The fraction of sp³-hybridized carbons (Fsp3) is 0.526. The molecule has 1 aromatic heterocycles. The molecule has 1 unspecified atom stereocenters. The van der Waals surface area contributed by atoms with Gasteiger partial charge in [-0.15, -0.1) is 0 Å². The van der Waals surface area contributed by atoms with E-state index in [1.54, 1.807) is 24.4 Å². The zero-order valence-corrected chi connectivity index (χ0v) is 14.7. The second-order valence-electron chi connectivity index (χ2n) is 7.01. The number of piperidine rings is 1. The zero-order valence-electron chi connectivity index (χ0n) is 14.7. The van der Waals surface area contributed by atoms with Crippen LogP contribution in [0.25, 0.3) is 10.9 Å². The van der Waals surface area contributed by atoms with E-state index in [2.05, 4.69) is 9.88 Å². The Labute approximate surface area is 152 Å². The average Bonchev–Trinajstić information content (AvgIpc) is 3.19. The summed E-state index contributed by atoms with van der Waals surface area (Å²) in [6, 6.07) is 6.92. The van der Waals surface area contributed by atoms with Crippen LogP contribution in [-0.4, -0.2) is 48.9 Å². The minimum Gasteiger partial charge on any atom is -0.381 e. The molecule has 2 aliphatic heterocycles. The summed E-state index contributed by atoms with van der Waals surface area (Å²) in [6.45, 7) is 4.20. The first-order chi connectivity index (χ1) is 12.7. The third-order valence-electron chi connectivity index (χ3n) is 5.30. The number of hydrogen-bond donors (Lipinski definition) is 0. The summed E-state index contributed by atoms with van der Waals surface area (Å²) < 4.78 is 11.5. The lowest BCUT2D eigenvalue weighted by Gasteiger charge is -2.34. The smallest absolute Gasteiger partial charge is 0.278 e. The van der Waals surface area contributed by atoms with Crippen LogP contribution >= 0.6 is 0 Å². The van der Waals surface area contributed by atoms with Gasteiger partial charge in [0.25, 0.3) is 5.69 Å². The lowest BCUT2D eigenvalue weighted by molar-refractivity contribution is -0.383. The van der Waals surface area contributed by atoms with Gasteiger partial charge in [0.05, 0.1) is 35.3 Å². The fourth-order valence-electron chi connectivity index (χ4n) is 3.81. The van der Waals surface area contributed by atoms with Crippen LogP contribution in [-0.2, 0) is 9.47 Å². The van der Waals surface area contributed by atoms with E-state index in [1.807, 2.05) is 6.07 Å². The van der Waals surface area contributed by atoms with Gasteiger partial charge in [-0.25, -0.2) is 0 Å². The first kappa shape index (κ1) is 17.2. The molecule has 0 N–H and O–H groups in total. The molecule has 26 heavy (non-hydrogen) atoms. The Hall–Kier alpha value is -2.25. The van der Waals surface area contributed by atoms with E-state index in [0.29, 0.717) is 16.8 Å². The molecule has 0 amide bonds. The third-order valence-corrected chi connectivity index (χ3v) is 5.30. The van der Waals surface area contributed by atoms with E-state index in [-0.39, 0.29) is 16.7 Å². The summed E-state index contributed by atoms with van der Waals surface area (Å²) in [6.07, 6.45) is 4.98. The van der Waals surface area contributed by atoms with Crippen LogP contribution in [0.15, 0.2) is 30.5 Å². The molecule has 0 bridgehead atoms. The summed E-state index contributed by atoms with van der Waals surface area (Å²) in [5, 5.41) is 11.9. The predicted molar refractivity (Wildman–Crippen MR) is 98.5 cm³/mol. The molecule has 7 heteroatoms. The number of pyridine rings is 1. The monoisotopic (exact) mass is 357 g/mol. The zero-order chi connectivity index (χ0) is 17.9. The molecule has 1 atom stereocenters. The Morgan fingerprint density at radius 2 is 2.12 bits per heavy atom. The molecule has 4 rings (SSSR count). The Morgan fingerprint density at radius 1 is 1.27 bits per heavy atom. The number of anilines is 1. The van der Waals surface area contributed by atoms with Crippen molar-refractivity contribution in [2.75, 3.05) is 37.8 Å². The largest absolute Gasteiger partial charge is 0.381 e. The minimum absolute atomic E-state index is 0.105. The van der Waals surface area contributed by atoms with Gasteiger partial charge in [-0.3, -0.25) is 15.1 Å². The van der Waals surface area contributed by atoms with Crippen LogP contribution < -0.4 is 4.90 Å².